The van der Waals surface area contributed by atoms with Gasteiger partial charge in [0.05, 0.1) is 11.1 Å². The molecule has 6 nitrogen and oxygen atoms in total. The molecule has 1 amide bonds. The number of aryl methyl sites for hydroxylation is 2. The van der Waals surface area contributed by atoms with Crippen LogP contribution in [0.15, 0.2) is 40.5 Å². The molecular weight excluding hydrogens is 384 g/mol. The number of benzene rings is 1. The lowest BCUT2D eigenvalue weighted by Crippen LogP contribution is -2.34. The Hall–Kier alpha value is -2.80. The Kier molecular flexibility index (Phi) is 4.35. The molecule has 0 unspecified atom stereocenters. The van der Waals surface area contributed by atoms with E-state index in [4.69, 9.17) is 0 Å². The van der Waals surface area contributed by atoms with Crippen molar-refractivity contribution in [2.45, 2.75) is 39.5 Å². The van der Waals surface area contributed by atoms with Crippen molar-refractivity contribution in [3.63, 3.8) is 0 Å². The summed E-state index contributed by atoms with van der Waals surface area (Å²) in [5, 5.41) is 5.16. The molecule has 5 rings (SSSR count). The van der Waals surface area contributed by atoms with E-state index in [1.807, 2.05) is 24.3 Å². The Balaban J connectivity index is 1.65. The van der Waals surface area contributed by atoms with Crippen LogP contribution >= 0.6 is 11.3 Å². The highest BCUT2D eigenvalue weighted by Gasteiger charge is 2.34. The average Bonchev–Trinajstić information content (AvgIpc) is 3.21. The number of fused-ring (bicyclic) bond motifs is 4. The van der Waals surface area contributed by atoms with E-state index >= 15 is 0 Å². The Labute approximate surface area is 172 Å². The third kappa shape index (κ3) is 2.92. The first kappa shape index (κ1) is 18.2. The molecule has 0 radical (unpaired) electrons. The minimum atomic E-state index is -0.186. The highest BCUT2D eigenvalue weighted by Crippen LogP contribution is 2.34. The molecule has 0 N–H and O–H groups in total. The summed E-state index contributed by atoms with van der Waals surface area (Å²) in [5.74, 6) is 0.156. The fourth-order valence-corrected chi connectivity index (χ4v) is 5.44. The van der Waals surface area contributed by atoms with Crippen LogP contribution in [-0.4, -0.2) is 27.8 Å². The fourth-order valence-electron chi connectivity index (χ4n) is 4.22. The zero-order valence-corrected chi connectivity index (χ0v) is 17.3. The maximum atomic E-state index is 13.2. The van der Waals surface area contributed by atoms with Crippen LogP contribution in [0.4, 0.5) is 5.69 Å². The van der Waals surface area contributed by atoms with Gasteiger partial charge in [0.15, 0.2) is 5.71 Å². The van der Waals surface area contributed by atoms with Crippen molar-refractivity contribution in [1.29, 1.82) is 0 Å². The van der Waals surface area contributed by atoms with Crippen LogP contribution in [0, 0.1) is 5.92 Å². The number of carbonyl (C=O) groups is 1. The molecule has 0 spiro atoms. The second-order valence-electron chi connectivity index (χ2n) is 8.06. The second kappa shape index (κ2) is 6.91. The fraction of sp³-hybridized carbons (Fsp3) is 0.364. The van der Waals surface area contributed by atoms with E-state index in [-0.39, 0.29) is 11.5 Å². The summed E-state index contributed by atoms with van der Waals surface area (Å²) in [6, 6.07) is 7.62. The number of aromatic nitrogens is 2. The van der Waals surface area contributed by atoms with Gasteiger partial charge in [-0.1, -0.05) is 32.0 Å². The summed E-state index contributed by atoms with van der Waals surface area (Å²) >= 11 is 1.61. The van der Waals surface area contributed by atoms with Crippen molar-refractivity contribution in [1.82, 2.24) is 9.66 Å². The summed E-state index contributed by atoms with van der Waals surface area (Å²) in [6.45, 7) is 4.76. The minimum absolute atomic E-state index is 0.167. The van der Waals surface area contributed by atoms with E-state index in [9.17, 15) is 9.59 Å². The molecule has 7 heteroatoms. The molecule has 29 heavy (non-hydrogen) atoms. The molecule has 1 aliphatic carbocycles. The Bertz CT molecular complexity index is 1220. The molecule has 0 fully saturated rings. The standard InChI is InChI=1S/C22H22N4O2S/c1-13(2)11-25-16-9-5-3-7-14(16)19(22(25)28)24-26-12-23-20-18(21(26)27)15-8-4-6-10-17(15)29-20/h3,5,7,9,12-13H,4,6,8,10-11H2,1-2H3. The molecule has 148 valence electrons. The monoisotopic (exact) mass is 406 g/mol. The number of amides is 1. The second-order valence-corrected chi connectivity index (χ2v) is 9.14. The van der Waals surface area contributed by atoms with Crippen molar-refractivity contribution in [2.75, 3.05) is 11.4 Å². The third-order valence-corrected chi connectivity index (χ3v) is 6.71. The van der Waals surface area contributed by atoms with Gasteiger partial charge in [-0.2, -0.15) is 9.78 Å². The summed E-state index contributed by atoms with van der Waals surface area (Å²) in [5.41, 5.74) is 2.85. The van der Waals surface area contributed by atoms with Gasteiger partial charge in [-0.25, -0.2) is 4.98 Å². The first-order chi connectivity index (χ1) is 14.0. The van der Waals surface area contributed by atoms with Crippen molar-refractivity contribution in [2.24, 2.45) is 11.0 Å². The van der Waals surface area contributed by atoms with E-state index in [1.165, 1.54) is 15.9 Å². The lowest BCUT2D eigenvalue weighted by molar-refractivity contribution is -0.112. The van der Waals surface area contributed by atoms with Crippen LogP contribution < -0.4 is 10.5 Å². The van der Waals surface area contributed by atoms with Crippen LogP contribution in [0.2, 0.25) is 0 Å². The minimum Gasteiger partial charge on any atom is -0.306 e. The SMILES string of the molecule is CC(C)CN1C(=O)C(=Nn2cnc3sc4c(c3c2=O)CCCC4)c2ccccc21. The van der Waals surface area contributed by atoms with Gasteiger partial charge in [0.1, 0.15) is 11.2 Å². The van der Waals surface area contributed by atoms with Gasteiger partial charge in [-0.05, 0) is 43.2 Å². The molecule has 0 atom stereocenters. The van der Waals surface area contributed by atoms with Gasteiger partial charge in [-0.15, -0.1) is 11.3 Å². The number of nitrogens with zero attached hydrogens (tertiary/aromatic N) is 4. The van der Waals surface area contributed by atoms with E-state index in [1.54, 1.807) is 16.2 Å². The Morgan fingerprint density at radius 1 is 1.17 bits per heavy atom. The Morgan fingerprint density at radius 2 is 1.97 bits per heavy atom. The molecule has 2 aliphatic rings. The van der Waals surface area contributed by atoms with Gasteiger partial charge >= 0.3 is 0 Å². The largest absolute Gasteiger partial charge is 0.306 e. The number of thiophene rings is 1. The predicted octanol–water partition coefficient (Wildman–Crippen LogP) is 3.59. The van der Waals surface area contributed by atoms with E-state index in [0.29, 0.717) is 23.6 Å². The zero-order valence-electron chi connectivity index (χ0n) is 16.5. The van der Waals surface area contributed by atoms with E-state index in [2.05, 4.69) is 23.9 Å². The van der Waals surface area contributed by atoms with Crippen LogP contribution in [0.1, 0.15) is 42.7 Å². The quantitative estimate of drug-likeness (QED) is 0.668. The normalized spacial score (nSPS) is 17.4. The molecule has 0 bridgehead atoms. The summed E-state index contributed by atoms with van der Waals surface area (Å²) in [6.07, 6.45) is 5.63. The Morgan fingerprint density at radius 3 is 2.79 bits per heavy atom. The lowest BCUT2D eigenvalue weighted by Gasteiger charge is -2.18. The molecule has 0 saturated carbocycles. The van der Waals surface area contributed by atoms with Crippen molar-refractivity contribution in [3.05, 3.63) is 57.0 Å². The van der Waals surface area contributed by atoms with Gasteiger partial charge in [-0.3, -0.25) is 9.59 Å². The van der Waals surface area contributed by atoms with Gasteiger partial charge in [0.2, 0.25) is 0 Å². The molecule has 2 aromatic heterocycles. The van der Waals surface area contributed by atoms with Crippen LogP contribution in [0.5, 0.6) is 0 Å². The first-order valence-electron chi connectivity index (χ1n) is 10.1. The molecule has 0 saturated heterocycles. The topological polar surface area (TPSA) is 67.6 Å². The summed E-state index contributed by atoms with van der Waals surface area (Å²) in [7, 11) is 0. The van der Waals surface area contributed by atoms with Gasteiger partial charge in [0, 0.05) is 17.0 Å². The summed E-state index contributed by atoms with van der Waals surface area (Å²) < 4.78 is 1.24. The molecule has 3 heterocycles. The molecule has 3 aromatic rings. The predicted molar refractivity (Wildman–Crippen MR) is 116 cm³/mol. The zero-order chi connectivity index (χ0) is 20.1. The smallest absolute Gasteiger partial charge is 0.282 e. The highest BCUT2D eigenvalue weighted by atomic mass is 32.1. The summed E-state index contributed by atoms with van der Waals surface area (Å²) in [4.78, 5) is 34.6. The molecular formula is C22H22N4O2S. The maximum Gasteiger partial charge on any atom is 0.282 e. The molecule has 1 aromatic carbocycles. The number of hydrogen-bond donors (Lipinski definition) is 0. The average molecular weight is 407 g/mol. The first-order valence-corrected chi connectivity index (χ1v) is 10.9. The number of hydrogen-bond acceptors (Lipinski definition) is 5. The maximum absolute atomic E-state index is 13.2. The van der Waals surface area contributed by atoms with Crippen molar-refractivity contribution in [3.8, 4) is 0 Å². The number of rotatable bonds is 3. The lowest BCUT2D eigenvalue weighted by atomic mass is 9.97. The van der Waals surface area contributed by atoms with E-state index < -0.39 is 0 Å². The van der Waals surface area contributed by atoms with E-state index in [0.717, 1.165) is 47.3 Å². The van der Waals surface area contributed by atoms with Gasteiger partial charge < -0.3 is 4.90 Å². The van der Waals surface area contributed by atoms with Crippen molar-refractivity contribution < 1.29 is 4.79 Å². The van der Waals surface area contributed by atoms with Crippen LogP contribution in [-0.2, 0) is 17.6 Å². The van der Waals surface area contributed by atoms with Crippen LogP contribution in [0.25, 0.3) is 10.2 Å². The number of para-hydroxylation sites is 1. The third-order valence-electron chi connectivity index (χ3n) is 5.51. The van der Waals surface area contributed by atoms with Gasteiger partial charge in [0.25, 0.3) is 11.5 Å². The number of anilines is 1. The highest BCUT2D eigenvalue weighted by molar-refractivity contribution is 7.18. The van der Waals surface area contributed by atoms with Crippen molar-refractivity contribution >= 4 is 38.9 Å². The molecule has 1 aliphatic heterocycles. The van der Waals surface area contributed by atoms with Crippen LogP contribution in [0.3, 0.4) is 0 Å². The number of carbonyl (C=O) groups excluding carboxylic acids is 1.